The molecule has 2 aliphatic rings. The fraction of sp³-hybridized carbons (Fsp3) is 0.233. The molecule has 1 amide bonds. The highest BCUT2D eigenvalue weighted by Crippen LogP contribution is 2.44. The van der Waals surface area contributed by atoms with Gasteiger partial charge in [-0.2, -0.15) is 5.10 Å². The molecule has 3 unspecified atom stereocenters. The number of fused-ring (bicyclic) bond motifs is 1. The molecule has 1 saturated carbocycles. The molecule has 3 aromatic rings. The molecule has 1 aliphatic heterocycles. The van der Waals surface area contributed by atoms with Crippen LogP contribution >= 0.6 is 23.2 Å². The van der Waals surface area contributed by atoms with E-state index < -0.39 is 24.6 Å². The molecule has 6 nitrogen and oxygen atoms in total. The number of aliphatic hydroxyl groups is 1. The SMILES string of the molecule is O=C(OCC(=O)N1N=C2C(=Cc3cccc(Cl)c3)CCCC2C1c1ccc(Cl)cc1)C(O)c1ccccc1. The third kappa shape index (κ3) is 5.68. The van der Waals surface area contributed by atoms with Gasteiger partial charge in [0.1, 0.15) is 0 Å². The molecule has 0 saturated heterocycles. The average molecular weight is 549 g/mol. The summed E-state index contributed by atoms with van der Waals surface area (Å²) in [6, 6.07) is 23.1. The predicted molar refractivity (Wildman–Crippen MR) is 148 cm³/mol. The highest BCUT2D eigenvalue weighted by Gasteiger charge is 2.44. The molecule has 0 aromatic heterocycles. The number of rotatable bonds is 6. The van der Waals surface area contributed by atoms with E-state index in [2.05, 4.69) is 6.08 Å². The normalized spacial score (nSPS) is 20.6. The molecule has 1 N–H and O–H groups in total. The molecule has 0 radical (unpaired) electrons. The van der Waals surface area contributed by atoms with Gasteiger partial charge in [0.25, 0.3) is 5.91 Å². The highest BCUT2D eigenvalue weighted by molar-refractivity contribution is 6.31. The molecule has 38 heavy (non-hydrogen) atoms. The molecule has 5 rings (SSSR count). The minimum atomic E-state index is -1.48. The Morgan fingerprint density at radius 3 is 2.53 bits per heavy atom. The molecule has 1 fully saturated rings. The Morgan fingerprint density at radius 1 is 1.03 bits per heavy atom. The number of hydrazone groups is 1. The number of esters is 1. The van der Waals surface area contributed by atoms with E-state index in [1.165, 1.54) is 5.01 Å². The van der Waals surface area contributed by atoms with Crippen LogP contribution in [-0.4, -0.2) is 34.3 Å². The number of benzene rings is 3. The lowest BCUT2D eigenvalue weighted by atomic mass is 9.77. The van der Waals surface area contributed by atoms with Gasteiger partial charge >= 0.3 is 5.97 Å². The van der Waals surface area contributed by atoms with Crippen LogP contribution in [0, 0.1) is 5.92 Å². The topological polar surface area (TPSA) is 79.2 Å². The molecular formula is C30H26Cl2N2O4. The van der Waals surface area contributed by atoms with Crippen molar-refractivity contribution in [1.29, 1.82) is 0 Å². The summed E-state index contributed by atoms with van der Waals surface area (Å²) < 4.78 is 5.23. The largest absolute Gasteiger partial charge is 0.453 e. The summed E-state index contributed by atoms with van der Waals surface area (Å²) in [6.45, 7) is -0.538. The molecule has 3 atom stereocenters. The van der Waals surface area contributed by atoms with Crippen LogP contribution in [0.25, 0.3) is 6.08 Å². The highest BCUT2D eigenvalue weighted by atomic mass is 35.5. The monoisotopic (exact) mass is 548 g/mol. The van der Waals surface area contributed by atoms with Gasteiger partial charge in [0.2, 0.25) is 0 Å². The number of ether oxygens (including phenoxy) is 1. The summed E-state index contributed by atoms with van der Waals surface area (Å²) in [5.41, 5.74) is 4.15. The zero-order chi connectivity index (χ0) is 26.6. The van der Waals surface area contributed by atoms with Crippen molar-refractivity contribution in [3.8, 4) is 0 Å². The fourth-order valence-electron chi connectivity index (χ4n) is 5.05. The van der Waals surface area contributed by atoms with Crippen LogP contribution in [0.3, 0.4) is 0 Å². The third-order valence-corrected chi connectivity index (χ3v) is 7.32. The number of carbonyl (C=O) groups excluding carboxylic acids is 2. The minimum absolute atomic E-state index is 0.0232. The summed E-state index contributed by atoms with van der Waals surface area (Å²) in [6.07, 6.45) is 3.22. The molecule has 8 heteroatoms. The summed E-state index contributed by atoms with van der Waals surface area (Å²) in [7, 11) is 0. The summed E-state index contributed by atoms with van der Waals surface area (Å²) >= 11 is 12.3. The number of nitrogens with zero attached hydrogens (tertiary/aromatic N) is 2. The zero-order valence-electron chi connectivity index (χ0n) is 20.5. The van der Waals surface area contributed by atoms with Crippen LogP contribution in [-0.2, 0) is 14.3 Å². The average Bonchev–Trinajstić information content (AvgIpc) is 3.33. The lowest BCUT2D eigenvalue weighted by molar-refractivity contribution is -0.160. The third-order valence-electron chi connectivity index (χ3n) is 6.83. The van der Waals surface area contributed by atoms with Crippen molar-refractivity contribution < 1.29 is 19.4 Å². The molecule has 0 spiro atoms. The maximum Gasteiger partial charge on any atom is 0.340 e. The van der Waals surface area contributed by atoms with Crippen LogP contribution in [0.2, 0.25) is 10.0 Å². The first-order chi connectivity index (χ1) is 18.4. The molecule has 3 aromatic carbocycles. The Kier molecular flexibility index (Phi) is 7.93. The standard InChI is InChI=1S/C30H26Cl2N2O4/c31-23-14-12-20(13-15-23)28-25-11-5-9-22(16-19-6-4-10-24(32)17-19)27(25)33-34(28)26(35)18-38-30(37)29(36)21-7-2-1-3-8-21/h1-4,6-8,10,12-17,25,28-29,36H,5,9,11,18H2. The molecule has 1 aliphatic carbocycles. The first-order valence-electron chi connectivity index (χ1n) is 12.4. The van der Waals surface area contributed by atoms with Gasteiger partial charge in [0, 0.05) is 16.0 Å². The number of aliphatic hydroxyl groups excluding tert-OH is 1. The second-order valence-corrected chi connectivity index (χ2v) is 10.2. The van der Waals surface area contributed by atoms with E-state index >= 15 is 0 Å². The van der Waals surface area contributed by atoms with E-state index in [-0.39, 0.29) is 12.0 Å². The molecule has 1 heterocycles. The number of halogens is 2. The Labute approximate surface area is 231 Å². The molecule has 194 valence electrons. The quantitative estimate of drug-likeness (QED) is 0.362. The maximum atomic E-state index is 13.4. The Morgan fingerprint density at radius 2 is 1.79 bits per heavy atom. The number of allylic oxidation sites excluding steroid dienone is 1. The van der Waals surface area contributed by atoms with Crippen LogP contribution in [0.4, 0.5) is 0 Å². The van der Waals surface area contributed by atoms with Crippen LogP contribution < -0.4 is 0 Å². The van der Waals surface area contributed by atoms with Crippen molar-refractivity contribution in [1.82, 2.24) is 5.01 Å². The van der Waals surface area contributed by atoms with Gasteiger partial charge in [0.05, 0.1) is 11.8 Å². The van der Waals surface area contributed by atoms with E-state index in [9.17, 15) is 14.7 Å². The Balaban J connectivity index is 1.41. The minimum Gasteiger partial charge on any atom is -0.453 e. The Hall–Kier alpha value is -3.45. The van der Waals surface area contributed by atoms with Crippen molar-refractivity contribution >= 4 is 46.9 Å². The van der Waals surface area contributed by atoms with Gasteiger partial charge in [-0.25, -0.2) is 9.80 Å². The van der Waals surface area contributed by atoms with Crippen molar-refractivity contribution in [3.63, 3.8) is 0 Å². The van der Waals surface area contributed by atoms with Crippen molar-refractivity contribution in [2.24, 2.45) is 11.0 Å². The summed E-state index contributed by atoms with van der Waals surface area (Å²) in [5, 5.41) is 17.8. The van der Waals surface area contributed by atoms with Crippen LogP contribution in [0.15, 0.2) is 89.5 Å². The Bertz CT molecular complexity index is 1390. The molecule has 0 bridgehead atoms. The van der Waals surface area contributed by atoms with Gasteiger partial charge < -0.3 is 9.84 Å². The molecular weight excluding hydrogens is 523 g/mol. The van der Waals surface area contributed by atoms with Crippen molar-refractivity contribution in [3.05, 3.63) is 111 Å². The lowest BCUT2D eigenvalue weighted by Crippen LogP contribution is -2.35. The van der Waals surface area contributed by atoms with Gasteiger partial charge in [-0.05, 0) is 71.9 Å². The van der Waals surface area contributed by atoms with Crippen molar-refractivity contribution in [2.45, 2.75) is 31.4 Å². The van der Waals surface area contributed by atoms with Crippen LogP contribution in [0.5, 0.6) is 0 Å². The second-order valence-electron chi connectivity index (χ2n) is 9.36. The van der Waals surface area contributed by atoms with Crippen molar-refractivity contribution in [2.75, 3.05) is 6.61 Å². The number of hydrogen-bond acceptors (Lipinski definition) is 5. The van der Waals surface area contributed by atoms with Gasteiger partial charge in [-0.15, -0.1) is 0 Å². The first-order valence-corrected chi connectivity index (χ1v) is 13.2. The van der Waals surface area contributed by atoms with E-state index in [4.69, 9.17) is 33.0 Å². The first kappa shape index (κ1) is 26.2. The fourth-order valence-corrected chi connectivity index (χ4v) is 5.37. The lowest BCUT2D eigenvalue weighted by Gasteiger charge is -2.29. The van der Waals surface area contributed by atoms with E-state index in [0.717, 1.165) is 41.7 Å². The smallest absolute Gasteiger partial charge is 0.340 e. The van der Waals surface area contributed by atoms with E-state index in [1.54, 1.807) is 42.5 Å². The maximum absolute atomic E-state index is 13.4. The second kappa shape index (κ2) is 11.5. The van der Waals surface area contributed by atoms with Gasteiger partial charge in [-0.3, -0.25) is 4.79 Å². The summed E-state index contributed by atoms with van der Waals surface area (Å²) in [5.74, 6) is -1.38. The van der Waals surface area contributed by atoms with E-state index in [0.29, 0.717) is 15.6 Å². The van der Waals surface area contributed by atoms with E-state index in [1.807, 2.05) is 36.4 Å². The zero-order valence-corrected chi connectivity index (χ0v) is 22.0. The summed E-state index contributed by atoms with van der Waals surface area (Å²) in [4.78, 5) is 25.9. The number of carbonyl (C=O) groups is 2. The van der Waals surface area contributed by atoms with Crippen LogP contribution in [0.1, 0.15) is 48.1 Å². The van der Waals surface area contributed by atoms with Gasteiger partial charge in [-0.1, -0.05) is 77.8 Å². The number of hydrogen-bond donors (Lipinski definition) is 1. The predicted octanol–water partition coefficient (Wildman–Crippen LogP) is 6.39. The number of amides is 1. The van der Waals surface area contributed by atoms with Gasteiger partial charge in [0.15, 0.2) is 12.7 Å².